The van der Waals surface area contributed by atoms with Gasteiger partial charge in [0, 0.05) is 5.30 Å². The molecule has 18 heavy (non-hydrogen) atoms. The van der Waals surface area contributed by atoms with Crippen LogP contribution in [0.5, 0.6) is 5.75 Å². The average Bonchev–Trinajstić information content (AvgIpc) is 2.39. The normalized spacial score (nSPS) is 13.8. The van der Waals surface area contributed by atoms with Crippen molar-refractivity contribution in [3.63, 3.8) is 0 Å². The van der Waals surface area contributed by atoms with Crippen LogP contribution in [0.25, 0.3) is 0 Å². The fourth-order valence-corrected chi connectivity index (χ4v) is 2.77. The maximum Gasteiger partial charge on any atom is 0.248 e. The van der Waals surface area contributed by atoms with Crippen molar-refractivity contribution >= 4 is 18.4 Å². The molecule has 0 heterocycles. The lowest BCUT2D eigenvalue weighted by atomic mass is 10.3. The van der Waals surface area contributed by atoms with E-state index in [9.17, 15) is 14.6 Å². The maximum absolute atomic E-state index is 12.1. The monoisotopic (exact) mass is 263 g/mol. The number of nitrogens with one attached hydrogen (secondary N) is 1. The molecule has 0 radical (unpaired) electrons. The van der Waals surface area contributed by atoms with Crippen LogP contribution in [0.1, 0.15) is 0 Å². The number of aromatic hydroxyl groups is 1. The van der Waals surface area contributed by atoms with Crippen molar-refractivity contribution in [1.29, 1.82) is 0 Å². The molecule has 0 aliphatic carbocycles. The number of rotatable bonds is 4. The Morgan fingerprint density at radius 3 is 2.28 bits per heavy atom. The van der Waals surface area contributed by atoms with Crippen LogP contribution < -0.4 is 10.6 Å². The third-order valence-corrected chi connectivity index (χ3v) is 4.24. The Morgan fingerprint density at radius 1 is 1.00 bits per heavy atom. The van der Waals surface area contributed by atoms with Crippen molar-refractivity contribution in [2.75, 3.05) is 11.6 Å². The number of hydrogen-bond donors (Lipinski definition) is 3. The second-order valence-electron chi connectivity index (χ2n) is 3.89. The molecule has 2 rings (SSSR count). The van der Waals surface area contributed by atoms with Crippen LogP contribution in [-0.4, -0.2) is 16.3 Å². The first-order chi connectivity index (χ1) is 8.59. The number of anilines is 1. The van der Waals surface area contributed by atoms with Crippen LogP contribution in [0, 0.1) is 0 Å². The number of phenols is 1. The number of benzene rings is 2. The largest absolute Gasteiger partial charge is 0.506 e. The van der Waals surface area contributed by atoms with Crippen molar-refractivity contribution in [1.82, 2.24) is 0 Å². The van der Waals surface area contributed by atoms with E-state index in [1.807, 2.05) is 0 Å². The maximum atomic E-state index is 12.1. The highest BCUT2D eigenvalue weighted by atomic mass is 31.2. The Morgan fingerprint density at radius 2 is 1.61 bits per heavy atom. The summed E-state index contributed by atoms with van der Waals surface area (Å²) in [5.74, 6) is 0.0607. The Balaban J connectivity index is 2.11. The quantitative estimate of drug-likeness (QED) is 0.585. The minimum absolute atomic E-state index is 0.0607. The molecule has 0 saturated carbocycles. The zero-order chi connectivity index (χ0) is 13.0. The summed E-state index contributed by atoms with van der Waals surface area (Å²) in [5, 5.41) is 12.7. The van der Waals surface area contributed by atoms with Crippen molar-refractivity contribution in [2.24, 2.45) is 0 Å². The lowest BCUT2D eigenvalue weighted by Crippen LogP contribution is -2.12. The van der Waals surface area contributed by atoms with Gasteiger partial charge >= 0.3 is 0 Å². The Bertz CT molecular complexity index is 571. The van der Waals surface area contributed by atoms with Gasteiger partial charge in [-0.15, -0.1) is 0 Å². The molecule has 94 valence electrons. The second kappa shape index (κ2) is 5.25. The summed E-state index contributed by atoms with van der Waals surface area (Å²) < 4.78 is 12.1. The third kappa shape index (κ3) is 2.92. The fourth-order valence-electron chi connectivity index (χ4n) is 1.57. The van der Waals surface area contributed by atoms with Gasteiger partial charge in [0.15, 0.2) is 0 Å². The zero-order valence-corrected chi connectivity index (χ0v) is 10.5. The molecule has 0 aliphatic heterocycles. The Kier molecular flexibility index (Phi) is 3.70. The lowest BCUT2D eigenvalue weighted by Gasteiger charge is -2.14. The second-order valence-corrected chi connectivity index (χ2v) is 6.12. The smallest absolute Gasteiger partial charge is 0.248 e. The van der Waals surface area contributed by atoms with Crippen LogP contribution in [-0.2, 0) is 4.57 Å². The fraction of sp³-hybridized carbons (Fsp3) is 0.0769. The molecule has 0 bridgehead atoms. The van der Waals surface area contributed by atoms with E-state index in [2.05, 4.69) is 5.32 Å². The van der Waals surface area contributed by atoms with E-state index in [4.69, 9.17) is 0 Å². The van der Waals surface area contributed by atoms with Gasteiger partial charge in [0.1, 0.15) is 5.75 Å². The van der Waals surface area contributed by atoms with Gasteiger partial charge in [-0.05, 0) is 24.3 Å². The van der Waals surface area contributed by atoms with E-state index in [-0.39, 0.29) is 12.0 Å². The van der Waals surface area contributed by atoms with Crippen LogP contribution in [0.4, 0.5) is 5.69 Å². The highest BCUT2D eigenvalue weighted by Crippen LogP contribution is 2.39. The lowest BCUT2D eigenvalue weighted by molar-refractivity contribution is 0.477. The van der Waals surface area contributed by atoms with E-state index in [1.54, 1.807) is 48.5 Å². The summed E-state index contributed by atoms with van der Waals surface area (Å²) in [6, 6.07) is 15.1. The summed E-state index contributed by atoms with van der Waals surface area (Å²) in [5.41, 5.74) is 0.447. The topological polar surface area (TPSA) is 69.6 Å². The molecule has 2 aromatic rings. The van der Waals surface area contributed by atoms with Gasteiger partial charge in [0.05, 0.1) is 12.0 Å². The van der Waals surface area contributed by atoms with E-state index in [1.165, 1.54) is 6.07 Å². The Hall–Kier alpha value is -1.77. The van der Waals surface area contributed by atoms with E-state index < -0.39 is 7.37 Å². The standard InChI is InChI=1S/C13H14NO3P/c15-13-9-5-4-8-12(13)14-10-18(16,17)11-6-2-1-3-7-11/h1-9,14-15H,10H2,(H,16,17). The number of phenolic OH excluding ortho intramolecular Hbond substituents is 1. The number of hydrogen-bond acceptors (Lipinski definition) is 3. The van der Waals surface area contributed by atoms with Gasteiger partial charge in [-0.25, -0.2) is 0 Å². The van der Waals surface area contributed by atoms with Gasteiger partial charge < -0.3 is 15.3 Å². The first-order valence-electron chi connectivity index (χ1n) is 5.49. The highest BCUT2D eigenvalue weighted by molar-refractivity contribution is 7.66. The molecule has 1 atom stereocenters. The molecule has 0 spiro atoms. The van der Waals surface area contributed by atoms with Crippen molar-refractivity contribution < 1.29 is 14.6 Å². The molecular weight excluding hydrogens is 249 g/mol. The third-order valence-electron chi connectivity index (χ3n) is 2.55. The molecule has 5 heteroatoms. The molecule has 0 saturated heterocycles. The predicted molar refractivity (Wildman–Crippen MR) is 72.5 cm³/mol. The average molecular weight is 263 g/mol. The summed E-state index contributed by atoms with van der Waals surface area (Å²) in [4.78, 5) is 9.95. The van der Waals surface area contributed by atoms with Crippen molar-refractivity contribution in [3.8, 4) is 5.75 Å². The first kappa shape index (κ1) is 12.7. The molecule has 0 fully saturated rings. The van der Waals surface area contributed by atoms with E-state index in [0.717, 1.165) is 0 Å². The zero-order valence-electron chi connectivity index (χ0n) is 9.65. The van der Waals surface area contributed by atoms with Gasteiger partial charge in [0.2, 0.25) is 7.37 Å². The van der Waals surface area contributed by atoms with Crippen molar-refractivity contribution in [2.45, 2.75) is 0 Å². The van der Waals surface area contributed by atoms with Crippen LogP contribution in [0.2, 0.25) is 0 Å². The molecule has 0 aromatic heterocycles. The minimum Gasteiger partial charge on any atom is -0.506 e. The molecule has 4 nitrogen and oxygen atoms in total. The summed E-state index contributed by atoms with van der Waals surface area (Å²) in [7, 11) is -3.45. The molecule has 0 aliphatic rings. The molecule has 0 amide bonds. The van der Waals surface area contributed by atoms with Gasteiger partial charge in [-0.1, -0.05) is 30.3 Å². The minimum atomic E-state index is -3.45. The SMILES string of the molecule is O=P(O)(CNc1ccccc1O)c1ccccc1. The Labute approximate surface area is 105 Å². The summed E-state index contributed by atoms with van der Waals surface area (Å²) in [6.07, 6.45) is -0.116. The first-order valence-corrected chi connectivity index (χ1v) is 7.33. The van der Waals surface area contributed by atoms with E-state index >= 15 is 0 Å². The van der Waals surface area contributed by atoms with Crippen LogP contribution >= 0.6 is 7.37 Å². The predicted octanol–water partition coefficient (Wildman–Crippen LogP) is 2.36. The summed E-state index contributed by atoms with van der Waals surface area (Å²) >= 11 is 0. The van der Waals surface area contributed by atoms with Crippen LogP contribution in [0.15, 0.2) is 54.6 Å². The molecule has 3 N–H and O–H groups in total. The molecular formula is C13H14NO3P. The van der Waals surface area contributed by atoms with Gasteiger partial charge in [0.25, 0.3) is 0 Å². The highest BCUT2D eigenvalue weighted by Gasteiger charge is 2.20. The summed E-state index contributed by atoms with van der Waals surface area (Å²) in [6.45, 7) is 0. The van der Waals surface area contributed by atoms with Gasteiger partial charge in [-0.3, -0.25) is 4.57 Å². The van der Waals surface area contributed by atoms with Crippen molar-refractivity contribution in [3.05, 3.63) is 54.6 Å². The van der Waals surface area contributed by atoms with Gasteiger partial charge in [-0.2, -0.15) is 0 Å². The van der Waals surface area contributed by atoms with Crippen LogP contribution in [0.3, 0.4) is 0 Å². The molecule has 1 unspecified atom stereocenters. The number of para-hydroxylation sites is 2. The molecule has 2 aromatic carbocycles. The van der Waals surface area contributed by atoms with E-state index in [0.29, 0.717) is 11.0 Å².